The topological polar surface area (TPSA) is 166 Å². The quantitative estimate of drug-likeness (QED) is 0.211. The van der Waals surface area contributed by atoms with E-state index in [-0.39, 0.29) is 28.6 Å². The van der Waals surface area contributed by atoms with Crippen LogP contribution in [0.1, 0.15) is 5.56 Å². The molecular weight excluding hydrogens is 412 g/mol. The molecule has 1 fully saturated rings. The maximum absolute atomic E-state index is 12.0. The molecule has 31 heavy (non-hydrogen) atoms. The van der Waals surface area contributed by atoms with Crippen LogP contribution in [0.4, 0.5) is 0 Å². The second-order valence-corrected chi connectivity index (χ2v) is 6.83. The molecule has 1 heterocycles. The summed E-state index contributed by atoms with van der Waals surface area (Å²) in [5.74, 6) is -0.856. The zero-order chi connectivity index (χ0) is 22.5. The van der Waals surface area contributed by atoms with E-state index >= 15 is 0 Å². The Morgan fingerprint density at radius 3 is 2.32 bits per heavy atom. The van der Waals surface area contributed by atoms with E-state index in [1.54, 1.807) is 0 Å². The molecule has 0 spiro atoms. The fourth-order valence-corrected chi connectivity index (χ4v) is 2.86. The number of phenolic OH excluding ortho intramolecular Hbond substituents is 3. The molecule has 0 aromatic heterocycles. The van der Waals surface area contributed by atoms with Gasteiger partial charge in [-0.1, -0.05) is 0 Å². The molecule has 10 heteroatoms. The molecule has 0 saturated carbocycles. The summed E-state index contributed by atoms with van der Waals surface area (Å²) < 4.78 is 15.9. The molecule has 1 aliphatic rings. The van der Waals surface area contributed by atoms with Crippen molar-refractivity contribution >= 4 is 12.0 Å². The molecule has 6 N–H and O–H groups in total. The Hall–Kier alpha value is -3.31. The van der Waals surface area contributed by atoms with E-state index in [1.165, 1.54) is 48.5 Å². The maximum atomic E-state index is 12.0. The Bertz CT molecular complexity index is 926. The number of carbonyl (C=O) groups is 1. The zero-order valence-corrected chi connectivity index (χ0v) is 16.1. The van der Waals surface area contributed by atoms with Gasteiger partial charge in [0.2, 0.25) is 6.29 Å². The maximum Gasteiger partial charge on any atom is 0.330 e. The van der Waals surface area contributed by atoms with E-state index < -0.39 is 43.3 Å². The number of aliphatic hydroxyl groups is 3. The Balaban J connectivity index is 1.60. The standard InChI is InChI=1S/C21H22O10/c22-12-2-5-14(6-3-12)30-21-20(28)19(27)18(26)16(31-21)10-29-17(25)8-1-11-9-13(23)4-7-15(11)24/h1-9,16,18-24,26-28H,10H2/b8-1+/t16-,18-,19+,20-,21-/m1/s1. The van der Waals surface area contributed by atoms with Crippen molar-refractivity contribution in [2.75, 3.05) is 6.61 Å². The van der Waals surface area contributed by atoms with E-state index in [2.05, 4.69) is 0 Å². The van der Waals surface area contributed by atoms with Crippen LogP contribution in [0.2, 0.25) is 0 Å². The minimum Gasteiger partial charge on any atom is -0.508 e. The van der Waals surface area contributed by atoms with Gasteiger partial charge in [-0.2, -0.15) is 0 Å². The molecular formula is C21H22O10. The molecule has 3 rings (SSSR count). The van der Waals surface area contributed by atoms with Crippen molar-refractivity contribution in [2.45, 2.75) is 30.7 Å². The van der Waals surface area contributed by atoms with Crippen molar-refractivity contribution in [3.05, 3.63) is 54.1 Å². The number of aliphatic hydroxyl groups excluding tert-OH is 3. The highest BCUT2D eigenvalue weighted by molar-refractivity contribution is 5.87. The molecule has 0 unspecified atom stereocenters. The molecule has 5 atom stereocenters. The molecule has 2 aromatic carbocycles. The average Bonchev–Trinajstić information content (AvgIpc) is 2.75. The number of hydrogen-bond donors (Lipinski definition) is 6. The molecule has 0 radical (unpaired) electrons. The fourth-order valence-electron chi connectivity index (χ4n) is 2.86. The van der Waals surface area contributed by atoms with Crippen molar-refractivity contribution in [3.8, 4) is 23.0 Å². The molecule has 2 aromatic rings. The van der Waals surface area contributed by atoms with Crippen LogP contribution in [0.25, 0.3) is 6.08 Å². The van der Waals surface area contributed by atoms with Gasteiger partial charge in [0.15, 0.2) is 0 Å². The van der Waals surface area contributed by atoms with E-state index in [4.69, 9.17) is 14.2 Å². The summed E-state index contributed by atoms with van der Waals surface area (Å²) in [6.07, 6.45) is -5.10. The Morgan fingerprint density at radius 2 is 1.61 bits per heavy atom. The molecule has 1 aliphatic heterocycles. The second-order valence-electron chi connectivity index (χ2n) is 6.83. The van der Waals surface area contributed by atoms with E-state index in [1.807, 2.05) is 0 Å². The summed E-state index contributed by atoms with van der Waals surface area (Å²) in [5.41, 5.74) is 0.187. The number of rotatable bonds is 6. The van der Waals surface area contributed by atoms with Crippen molar-refractivity contribution in [2.24, 2.45) is 0 Å². The van der Waals surface area contributed by atoms with Gasteiger partial charge in [-0.3, -0.25) is 0 Å². The van der Waals surface area contributed by atoms with Crippen LogP contribution < -0.4 is 4.74 Å². The van der Waals surface area contributed by atoms with E-state index in [9.17, 15) is 35.4 Å². The minimum atomic E-state index is -1.63. The number of hydrogen-bond acceptors (Lipinski definition) is 10. The van der Waals surface area contributed by atoms with Gasteiger partial charge in [-0.05, 0) is 48.5 Å². The highest BCUT2D eigenvalue weighted by Gasteiger charge is 2.45. The smallest absolute Gasteiger partial charge is 0.330 e. The second kappa shape index (κ2) is 9.67. The van der Waals surface area contributed by atoms with Gasteiger partial charge in [0.1, 0.15) is 54.0 Å². The van der Waals surface area contributed by atoms with Crippen molar-refractivity contribution < 1.29 is 49.6 Å². The van der Waals surface area contributed by atoms with Crippen molar-refractivity contribution in [1.29, 1.82) is 0 Å². The van der Waals surface area contributed by atoms with Crippen LogP contribution in [0.15, 0.2) is 48.5 Å². The van der Waals surface area contributed by atoms with E-state index in [0.717, 1.165) is 6.08 Å². The third-order valence-electron chi connectivity index (χ3n) is 4.56. The molecule has 0 aliphatic carbocycles. The number of carbonyl (C=O) groups excluding carboxylic acids is 1. The fraction of sp³-hybridized carbons (Fsp3) is 0.286. The Morgan fingerprint density at radius 1 is 0.935 bits per heavy atom. The third-order valence-corrected chi connectivity index (χ3v) is 4.56. The van der Waals surface area contributed by atoms with Crippen LogP contribution >= 0.6 is 0 Å². The Kier molecular flexibility index (Phi) is 6.98. The van der Waals surface area contributed by atoms with Gasteiger partial charge in [-0.25, -0.2) is 4.79 Å². The predicted molar refractivity (Wildman–Crippen MR) is 105 cm³/mol. The van der Waals surface area contributed by atoms with Crippen LogP contribution in [-0.4, -0.2) is 73.9 Å². The molecule has 0 amide bonds. The summed E-state index contributed by atoms with van der Waals surface area (Å²) in [7, 11) is 0. The first-order valence-electron chi connectivity index (χ1n) is 9.27. The zero-order valence-electron chi connectivity index (χ0n) is 16.1. The molecule has 10 nitrogen and oxygen atoms in total. The van der Waals surface area contributed by atoms with Gasteiger partial charge in [0.25, 0.3) is 0 Å². The summed E-state index contributed by atoms with van der Waals surface area (Å²) in [4.78, 5) is 12.0. The summed E-state index contributed by atoms with van der Waals surface area (Å²) in [5, 5.41) is 58.7. The third kappa shape index (κ3) is 5.64. The number of aromatic hydroxyl groups is 3. The number of ether oxygens (including phenoxy) is 3. The SMILES string of the molecule is O=C(/C=C/c1cc(O)ccc1O)OC[C@H]1O[C@@H](Oc2ccc(O)cc2)[C@H](O)[C@@H](O)[C@@H]1O. The Labute approximate surface area is 176 Å². The minimum absolute atomic E-state index is 0.00444. The first-order valence-corrected chi connectivity index (χ1v) is 9.27. The predicted octanol–water partition coefficient (Wildman–Crippen LogP) is 0.246. The molecule has 0 bridgehead atoms. The number of benzene rings is 2. The summed E-state index contributed by atoms with van der Waals surface area (Å²) in [6.45, 7) is -0.463. The molecule has 166 valence electrons. The number of phenols is 3. The first kappa shape index (κ1) is 22.4. The monoisotopic (exact) mass is 434 g/mol. The summed E-state index contributed by atoms with van der Waals surface area (Å²) >= 11 is 0. The van der Waals surface area contributed by atoms with Gasteiger partial charge >= 0.3 is 5.97 Å². The lowest BCUT2D eigenvalue weighted by atomic mass is 9.99. The van der Waals surface area contributed by atoms with Crippen molar-refractivity contribution in [1.82, 2.24) is 0 Å². The van der Waals surface area contributed by atoms with Gasteiger partial charge in [0.05, 0.1) is 0 Å². The van der Waals surface area contributed by atoms with Crippen LogP contribution in [0.3, 0.4) is 0 Å². The lowest BCUT2D eigenvalue weighted by molar-refractivity contribution is -0.278. The van der Waals surface area contributed by atoms with Gasteiger partial charge < -0.3 is 44.8 Å². The largest absolute Gasteiger partial charge is 0.508 e. The average molecular weight is 434 g/mol. The van der Waals surface area contributed by atoms with Crippen LogP contribution in [0.5, 0.6) is 23.0 Å². The first-order chi connectivity index (χ1) is 14.7. The highest BCUT2D eigenvalue weighted by atomic mass is 16.7. The highest BCUT2D eigenvalue weighted by Crippen LogP contribution is 2.26. The normalized spacial score (nSPS) is 26.0. The number of esters is 1. The van der Waals surface area contributed by atoms with E-state index in [0.29, 0.717) is 0 Å². The van der Waals surface area contributed by atoms with Gasteiger partial charge in [0, 0.05) is 11.6 Å². The van der Waals surface area contributed by atoms with Crippen molar-refractivity contribution in [3.63, 3.8) is 0 Å². The van der Waals surface area contributed by atoms with Gasteiger partial charge in [-0.15, -0.1) is 0 Å². The van der Waals surface area contributed by atoms with Crippen LogP contribution in [-0.2, 0) is 14.3 Å². The lowest BCUT2D eigenvalue weighted by Crippen LogP contribution is -2.60. The van der Waals surface area contributed by atoms with Crippen LogP contribution in [0, 0.1) is 0 Å². The molecule has 1 saturated heterocycles. The summed E-state index contributed by atoms with van der Waals surface area (Å²) in [6, 6.07) is 9.32. The lowest BCUT2D eigenvalue weighted by Gasteiger charge is -2.39.